The lowest BCUT2D eigenvalue weighted by Crippen LogP contribution is -2.62. The first-order valence-corrected chi connectivity index (χ1v) is 11.7. The summed E-state index contributed by atoms with van der Waals surface area (Å²) in [7, 11) is 0. The van der Waals surface area contributed by atoms with Crippen molar-refractivity contribution in [3.05, 3.63) is 0 Å². The van der Waals surface area contributed by atoms with E-state index in [0.717, 1.165) is 6.92 Å². The molecule has 12 N–H and O–H groups in total. The van der Waals surface area contributed by atoms with E-state index in [1.807, 2.05) is 0 Å². The third-order valence-corrected chi connectivity index (χ3v) is 5.24. The summed E-state index contributed by atoms with van der Waals surface area (Å²) in [6, 6.07) is -7.15. The average molecular weight is 556 g/mol. The first kappa shape index (κ1) is 33.4. The molecule has 0 aromatic carbocycles. The molecule has 0 saturated heterocycles. The SMILES string of the molecule is C[C@@H](O)[C@H](NC(=O)[C@H](CO)NC(=O)[C@@H](N)CS)C(=O)N[C@@H](CO)C(=O)N[C@@H](CS)C(=O)NCC(N)=O. The zero-order valence-corrected chi connectivity index (χ0v) is 21.1. The fourth-order valence-corrected chi connectivity index (χ4v) is 2.86. The van der Waals surface area contributed by atoms with Crippen molar-refractivity contribution >= 4 is 60.7 Å². The summed E-state index contributed by atoms with van der Waals surface area (Å²) in [4.78, 5) is 72.2. The maximum atomic E-state index is 12.6. The van der Waals surface area contributed by atoms with Crippen molar-refractivity contribution in [3.63, 3.8) is 0 Å². The molecule has 0 unspecified atom stereocenters. The third-order valence-electron chi connectivity index (χ3n) is 4.48. The summed E-state index contributed by atoms with van der Waals surface area (Å²) in [5, 5.41) is 39.7. The number of amides is 6. The molecule has 0 heterocycles. The molecule has 0 rings (SSSR count). The topological polar surface area (TPSA) is 275 Å². The Bertz CT molecular complexity index is 803. The van der Waals surface area contributed by atoms with Crippen molar-refractivity contribution in [2.75, 3.05) is 31.3 Å². The zero-order chi connectivity index (χ0) is 28.0. The van der Waals surface area contributed by atoms with Gasteiger partial charge in [-0.25, -0.2) is 0 Å². The van der Waals surface area contributed by atoms with E-state index >= 15 is 0 Å². The largest absolute Gasteiger partial charge is 0.394 e. The molecule has 0 aliphatic carbocycles. The molecule has 0 fully saturated rings. The van der Waals surface area contributed by atoms with Gasteiger partial charge in [-0.3, -0.25) is 28.8 Å². The molecule has 16 nitrogen and oxygen atoms in total. The molecular formula is C18H33N7O9S2. The monoisotopic (exact) mass is 555 g/mol. The molecule has 0 aromatic heterocycles. The predicted octanol–water partition coefficient (Wildman–Crippen LogP) is -6.92. The van der Waals surface area contributed by atoms with Crippen LogP contribution in [0.2, 0.25) is 0 Å². The summed E-state index contributed by atoms with van der Waals surface area (Å²) in [5.74, 6) is -5.86. The average Bonchev–Trinajstić information content (AvgIpc) is 2.84. The Morgan fingerprint density at radius 2 is 1.22 bits per heavy atom. The number of nitrogens with one attached hydrogen (secondary N) is 5. The van der Waals surface area contributed by atoms with E-state index < -0.39 is 91.5 Å². The van der Waals surface area contributed by atoms with Crippen molar-refractivity contribution in [1.29, 1.82) is 0 Å². The van der Waals surface area contributed by atoms with Crippen LogP contribution in [-0.4, -0.2) is 118 Å². The quantitative estimate of drug-likeness (QED) is 0.0799. The van der Waals surface area contributed by atoms with E-state index in [-0.39, 0.29) is 11.5 Å². The van der Waals surface area contributed by atoms with Crippen molar-refractivity contribution in [1.82, 2.24) is 26.6 Å². The van der Waals surface area contributed by atoms with Gasteiger partial charge in [-0.15, -0.1) is 0 Å². The number of aliphatic hydroxyl groups excluding tert-OH is 3. The number of aliphatic hydroxyl groups is 3. The highest BCUT2D eigenvalue weighted by atomic mass is 32.1. The summed E-state index contributed by atoms with van der Waals surface area (Å²) < 4.78 is 0. The molecule has 0 saturated carbocycles. The molecule has 6 amide bonds. The Morgan fingerprint density at radius 1 is 0.750 bits per heavy atom. The van der Waals surface area contributed by atoms with E-state index in [9.17, 15) is 44.1 Å². The number of carbonyl (C=O) groups is 6. The summed E-state index contributed by atoms with van der Waals surface area (Å²) in [6.07, 6.45) is -1.52. The first-order valence-electron chi connectivity index (χ1n) is 10.5. The number of nitrogens with two attached hydrogens (primary N) is 2. The minimum atomic E-state index is -1.68. The van der Waals surface area contributed by atoms with Crippen LogP contribution in [0.4, 0.5) is 0 Å². The standard InChI is InChI=1S/C18H33N7O9S2/c1-7(28)13(25-17(33)10(4-27)22-14(30)8(19)5-35)18(34)23-9(3-26)16(32)24-11(6-36)15(31)21-2-12(20)29/h7-11,13,26-28,35-36H,2-6,19H2,1H3,(H2,20,29)(H,21,31)(H,22,30)(H,23,34)(H,24,32)(H,25,33)/t7-,8+,9+,10+,11+,13+/m1/s1. The second-order valence-corrected chi connectivity index (χ2v) is 8.16. The van der Waals surface area contributed by atoms with Crippen LogP contribution in [0.1, 0.15) is 6.92 Å². The molecule has 0 aliphatic heterocycles. The van der Waals surface area contributed by atoms with Gasteiger partial charge in [-0.2, -0.15) is 25.3 Å². The molecule has 36 heavy (non-hydrogen) atoms. The Kier molecular flexibility index (Phi) is 15.7. The minimum Gasteiger partial charge on any atom is -0.394 e. The van der Waals surface area contributed by atoms with E-state index in [4.69, 9.17) is 11.5 Å². The normalized spacial score (nSPS) is 15.8. The Hall–Kier alpha value is -2.64. The summed E-state index contributed by atoms with van der Waals surface area (Å²) >= 11 is 7.77. The Balaban J connectivity index is 5.30. The lowest BCUT2D eigenvalue weighted by molar-refractivity contribution is -0.137. The molecule has 6 atom stereocenters. The van der Waals surface area contributed by atoms with Gasteiger partial charge in [0.2, 0.25) is 35.4 Å². The van der Waals surface area contributed by atoms with Gasteiger partial charge in [0, 0.05) is 11.5 Å². The van der Waals surface area contributed by atoms with Crippen LogP contribution < -0.4 is 38.1 Å². The van der Waals surface area contributed by atoms with Crippen LogP contribution >= 0.6 is 25.3 Å². The van der Waals surface area contributed by atoms with E-state index in [1.165, 1.54) is 0 Å². The number of hydrogen-bond donors (Lipinski definition) is 12. The molecule has 206 valence electrons. The Morgan fingerprint density at radius 3 is 1.64 bits per heavy atom. The number of rotatable bonds is 16. The van der Waals surface area contributed by atoms with Gasteiger partial charge in [-0.05, 0) is 6.92 Å². The maximum Gasteiger partial charge on any atom is 0.245 e. The number of carbonyl (C=O) groups excluding carboxylic acids is 6. The molecule has 0 aliphatic rings. The molecular weight excluding hydrogens is 522 g/mol. The van der Waals surface area contributed by atoms with Crippen LogP contribution in [0, 0.1) is 0 Å². The molecule has 18 heteroatoms. The van der Waals surface area contributed by atoms with Gasteiger partial charge >= 0.3 is 0 Å². The van der Waals surface area contributed by atoms with Crippen LogP contribution in [0.25, 0.3) is 0 Å². The maximum absolute atomic E-state index is 12.6. The van der Waals surface area contributed by atoms with Gasteiger partial charge in [-0.1, -0.05) is 0 Å². The van der Waals surface area contributed by atoms with Crippen molar-refractivity contribution in [2.45, 2.75) is 43.2 Å². The lowest BCUT2D eigenvalue weighted by Gasteiger charge is -2.26. The highest BCUT2D eigenvalue weighted by Crippen LogP contribution is 1.99. The van der Waals surface area contributed by atoms with Gasteiger partial charge in [0.15, 0.2) is 0 Å². The van der Waals surface area contributed by atoms with Crippen LogP contribution in [-0.2, 0) is 28.8 Å². The molecule has 0 aromatic rings. The van der Waals surface area contributed by atoms with Crippen LogP contribution in [0.15, 0.2) is 0 Å². The summed E-state index contributed by atoms with van der Waals surface area (Å²) in [5.41, 5.74) is 10.4. The zero-order valence-electron chi connectivity index (χ0n) is 19.3. The Labute approximate surface area is 217 Å². The number of thiol groups is 2. The van der Waals surface area contributed by atoms with E-state index in [2.05, 4.69) is 51.8 Å². The highest BCUT2D eigenvalue weighted by Gasteiger charge is 2.33. The van der Waals surface area contributed by atoms with E-state index in [1.54, 1.807) is 0 Å². The van der Waals surface area contributed by atoms with Gasteiger partial charge in [0.05, 0.1) is 31.9 Å². The second kappa shape index (κ2) is 16.9. The molecule has 0 spiro atoms. The fraction of sp³-hybridized carbons (Fsp3) is 0.667. The van der Waals surface area contributed by atoms with Crippen molar-refractivity contribution < 1.29 is 44.1 Å². The number of hydrogen-bond acceptors (Lipinski definition) is 12. The highest BCUT2D eigenvalue weighted by molar-refractivity contribution is 7.80. The molecule has 0 radical (unpaired) electrons. The summed E-state index contributed by atoms with van der Waals surface area (Å²) in [6.45, 7) is -1.15. The van der Waals surface area contributed by atoms with Crippen LogP contribution in [0.5, 0.6) is 0 Å². The molecule has 0 bridgehead atoms. The van der Waals surface area contributed by atoms with Crippen molar-refractivity contribution in [3.8, 4) is 0 Å². The number of primary amides is 1. The van der Waals surface area contributed by atoms with Gasteiger partial charge in [0.1, 0.15) is 24.2 Å². The lowest BCUT2D eigenvalue weighted by atomic mass is 10.1. The van der Waals surface area contributed by atoms with E-state index in [0.29, 0.717) is 0 Å². The fourth-order valence-electron chi connectivity index (χ4n) is 2.43. The van der Waals surface area contributed by atoms with Crippen molar-refractivity contribution in [2.24, 2.45) is 11.5 Å². The van der Waals surface area contributed by atoms with Gasteiger partial charge in [0.25, 0.3) is 0 Å². The minimum absolute atomic E-state index is 0.0458. The second-order valence-electron chi connectivity index (χ2n) is 7.43. The first-order chi connectivity index (χ1) is 16.8. The van der Waals surface area contributed by atoms with Gasteiger partial charge < -0.3 is 53.4 Å². The predicted molar refractivity (Wildman–Crippen MR) is 131 cm³/mol. The van der Waals surface area contributed by atoms with Crippen LogP contribution in [0.3, 0.4) is 0 Å². The third kappa shape index (κ3) is 11.4. The smallest absolute Gasteiger partial charge is 0.245 e.